The van der Waals surface area contributed by atoms with Gasteiger partial charge in [0.15, 0.2) is 0 Å². The summed E-state index contributed by atoms with van der Waals surface area (Å²) < 4.78 is 0. The first kappa shape index (κ1) is 10.9. The first-order valence-corrected chi connectivity index (χ1v) is 6.28. The largest absolute Gasteiger partial charge is 0.324 e. The molecule has 2 N–H and O–H groups in total. The van der Waals surface area contributed by atoms with E-state index in [9.17, 15) is 4.79 Å². The van der Waals surface area contributed by atoms with E-state index in [2.05, 4.69) is 35.4 Å². The molecule has 0 aromatic heterocycles. The Labute approximate surface area is 98.4 Å². The Hall–Kier alpha value is -0.650. The highest BCUT2D eigenvalue weighted by Crippen LogP contribution is 2.31. The first-order chi connectivity index (χ1) is 7.29. The fourth-order valence-electron chi connectivity index (χ4n) is 1.44. The van der Waals surface area contributed by atoms with Gasteiger partial charge in [-0.1, -0.05) is 6.07 Å². The molecule has 0 saturated heterocycles. The Morgan fingerprint density at radius 1 is 1.53 bits per heavy atom. The molecule has 3 nitrogen and oxygen atoms in total. The van der Waals surface area contributed by atoms with Gasteiger partial charge in [-0.2, -0.15) is 12.6 Å². The van der Waals surface area contributed by atoms with Crippen molar-refractivity contribution in [3.8, 4) is 0 Å². The van der Waals surface area contributed by atoms with Crippen molar-refractivity contribution in [2.75, 3.05) is 16.9 Å². The lowest BCUT2D eigenvalue weighted by Crippen LogP contribution is -2.19. The summed E-state index contributed by atoms with van der Waals surface area (Å²) in [5.41, 5.74) is 2.08. The lowest BCUT2D eigenvalue weighted by atomic mass is 10.2. The maximum absolute atomic E-state index is 11.2. The minimum absolute atomic E-state index is 0.0757. The van der Waals surface area contributed by atoms with Crippen LogP contribution in [0.3, 0.4) is 0 Å². The maximum Gasteiger partial charge on any atom is 0.234 e. The molecular weight excluding hydrogens is 228 g/mol. The van der Waals surface area contributed by atoms with Crippen molar-refractivity contribution in [3.63, 3.8) is 0 Å². The number of hydrogen-bond donors (Lipinski definition) is 3. The SMILES string of the molecule is O=C1CSc2ccc(CNCS)cc2N1. The van der Waals surface area contributed by atoms with E-state index in [1.54, 1.807) is 11.8 Å². The molecule has 0 fully saturated rings. The van der Waals surface area contributed by atoms with E-state index in [1.165, 1.54) is 0 Å². The quantitative estimate of drug-likeness (QED) is 0.556. The van der Waals surface area contributed by atoms with Crippen LogP contribution in [0.4, 0.5) is 5.69 Å². The molecule has 0 atom stereocenters. The number of fused-ring (bicyclic) bond motifs is 1. The van der Waals surface area contributed by atoms with Gasteiger partial charge in [-0.3, -0.25) is 4.79 Å². The summed E-state index contributed by atoms with van der Waals surface area (Å²) in [7, 11) is 0. The van der Waals surface area contributed by atoms with Crippen molar-refractivity contribution in [1.82, 2.24) is 5.32 Å². The molecule has 0 aliphatic carbocycles. The second kappa shape index (κ2) is 4.92. The third kappa shape index (κ3) is 2.68. The van der Waals surface area contributed by atoms with Crippen LogP contribution in [0.15, 0.2) is 23.1 Å². The van der Waals surface area contributed by atoms with Gasteiger partial charge in [-0.15, -0.1) is 11.8 Å². The number of hydrogen-bond acceptors (Lipinski definition) is 4. The number of carbonyl (C=O) groups is 1. The fraction of sp³-hybridized carbons (Fsp3) is 0.300. The van der Waals surface area contributed by atoms with Crippen LogP contribution in [0.5, 0.6) is 0 Å². The van der Waals surface area contributed by atoms with Crippen molar-refractivity contribution >= 4 is 36.0 Å². The Morgan fingerprint density at radius 3 is 3.20 bits per heavy atom. The van der Waals surface area contributed by atoms with Crippen LogP contribution >= 0.6 is 24.4 Å². The van der Waals surface area contributed by atoms with Crippen LogP contribution in [0, 0.1) is 0 Å². The van der Waals surface area contributed by atoms with E-state index in [1.807, 2.05) is 6.07 Å². The number of carbonyl (C=O) groups excluding carboxylic acids is 1. The van der Waals surface area contributed by atoms with Gasteiger partial charge < -0.3 is 10.6 Å². The van der Waals surface area contributed by atoms with Gasteiger partial charge in [0, 0.05) is 17.3 Å². The molecule has 2 rings (SSSR count). The summed E-state index contributed by atoms with van der Waals surface area (Å²) in [6, 6.07) is 6.13. The minimum atomic E-state index is 0.0757. The van der Waals surface area contributed by atoms with Crippen molar-refractivity contribution in [2.45, 2.75) is 11.4 Å². The lowest BCUT2D eigenvalue weighted by molar-refractivity contribution is -0.113. The van der Waals surface area contributed by atoms with Crippen LogP contribution in [0.25, 0.3) is 0 Å². The van der Waals surface area contributed by atoms with Gasteiger partial charge in [0.05, 0.1) is 11.4 Å². The van der Waals surface area contributed by atoms with Gasteiger partial charge in [0.1, 0.15) is 0 Å². The van der Waals surface area contributed by atoms with E-state index >= 15 is 0 Å². The van der Waals surface area contributed by atoms with E-state index in [-0.39, 0.29) is 5.91 Å². The number of anilines is 1. The number of rotatable bonds is 3. The predicted octanol–water partition coefficient (Wildman–Crippen LogP) is 1.71. The van der Waals surface area contributed by atoms with Crippen molar-refractivity contribution in [2.24, 2.45) is 0 Å². The summed E-state index contributed by atoms with van der Waals surface area (Å²) in [6.07, 6.45) is 0. The molecule has 1 amide bonds. The van der Waals surface area contributed by atoms with Gasteiger partial charge in [-0.25, -0.2) is 0 Å². The zero-order valence-electron chi connectivity index (χ0n) is 8.12. The monoisotopic (exact) mass is 240 g/mol. The molecule has 0 spiro atoms. The van der Waals surface area contributed by atoms with Gasteiger partial charge >= 0.3 is 0 Å². The normalized spacial score (nSPS) is 14.6. The van der Waals surface area contributed by atoms with Crippen molar-refractivity contribution in [3.05, 3.63) is 23.8 Å². The molecule has 0 saturated carbocycles. The highest BCUT2D eigenvalue weighted by atomic mass is 32.2. The van der Waals surface area contributed by atoms with Crippen molar-refractivity contribution in [1.29, 1.82) is 0 Å². The predicted molar refractivity (Wildman–Crippen MR) is 66.5 cm³/mol. The smallest absolute Gasteiger partial charge is 0.234 e. The third-order valence-corrected chi connectivity index (χ3v) is 3.41. The maximum atomic E-state index is 11.2. The molecule has 0 radical (unpaired) electrons. The summed E-state index contributed by atoms with van der Waals surface area (Å²) >= 11 is 5.66. The minimum Gasteiger partial charge on any atom is -0.324 e. The van der Waals surface area contributed by atoms with Crippen LogP contribution in [0.2, 0.25) is 0 Å². The molecule has 15 heavy (non-hydrogen) atoms. The topological polar surface area (TPSA) is 41.1 Å². The molecule has 1 aliphatic rings. The molecular formula is C10H12N2OS2. The van der Waals surface area contributed by atoms with E-state index in [0.29, 0.717) is 11.6 Å². The molecule has 5 heteroatoms. The standard InChI is InChI=1S/C10H12N2OS2/c13-10-5-15-9-2-1-7(4-11-6-14)3-8(9)12-10/h1-3,11,14H,4-6H2,(H,12,13). The van der Waals surface area contributed by atoms with E-state index in [0.717, 1.165) is 22.7 Å². The zero-order chi connectivity index (χ0) is 10.7. The number of nitrogens with one attached hydrogen (secondary N) is 2. The second-order valence-corrected chi connectivity index (χ2v) is 4.59. The summed E-state index contributed by atoms with van der Waals surface area (Å²) in [5, 5.41) is 6.00. The summed E-state index contributed by atoms with van der Waals surface area (Å²) in [5.74, 6) is 1.24. The highest BCUT2D eigenvalue weighted by molar-refractivity contribution is 8.00. The van der Waals surface area contributed by atoms with Gasteiger partial charge in [0.2, 0.25) is 5.91 Å². The number of thiol groups is 1. The Bertz CT molecular complexity index is 382. The molecule has 1 heterocycles. The first-order valence-electron chi connectivity index (χ1n) is 4.67. The second-order valence-electron chi connectivity index (χ2n) is 3.25. The average molecular weight is 240 g/mol. The molecule has 1 aromatic carbocycles. The summed E-state index contributed by atoms with van der Waals surface area (Å²) in [4.78, 5) is 12.3. The Balaban J connectivity index is 2.17. The lowest BCUT2D eigenvalue weighted by Gasteiger charge is -2.17. The Morgan fingerprint density at radius 2 is 2.40 bits per heavy atom. The molecule has 1 aliphatic heterocycles. The van der Waals surface area contributed by atoms with E-state index in [4.69, 9.17) is 0 Å². The van der Waals surface area contributed by atoms with E-state index < -0.39 is 0 Å². The molecule has 80 valence electrons. The number of amides is 1. The van der Waals surface area contributed by atoms with Crippen molar-refractivity contribution < 1.29 is 4.79 Å². The van der Waals surface area contributed by atoms with Gasteiger partial charge in [-0.05, 0) is 17.7 Å². The van der Waals surface area contributed by atoms with Crippen LogP contribution in [-0.2, 0) is 11.3 Å². The Kier molecular flexibility index (Phi) is 3.56. The summed E-state index contributed by atoms with van der Waals surface area (Å²) in [6.45, 7) is 0.775. The van der Waals surface area contributed by atoms with Crippen LogP contribution in [-0.4, -0.2) is 17.5 Å². The number of thioether (sulfide) groups is 1. The molecule has 0 unspecified atom stereocenters. The molecule has 0 bridgehead atoms. The van der Waals surface area contributed by atoms with Crippen LogP contribution in [0.1, 0.15) is 5.56 Å². The highest BCUT2D eigenvalue weighted by Gasteiger charge is 2.14. The number of benzene rings is 1. The van der Waals surface area contributed by atoms with Gasteiger partial charge in [0.25, 0.3) is 0 Å². The fourth-order valence-corrected chi connectivity index (χ4v) is 2.34. The zero-order valence-corrected chi connectivity index (χ0v) is 9.83. The average Bonchev–Trinajstić information content (AvgIpc) is 2.25. The third-order valence-electron chi connectivity index (χ3n) is 2.12. The van der Waals surface area contributed by atoms with Crippen LogP contribution < -0.4 is 10.6 Å². The molecule has 1 aromatic rings.